The maximum Gasteiger partial charge on any atom is 0.172 e. The van der Waals surface area contributed by atoms with Crippen molar-refractivity contribution in [3.05, 3.63) is 40.1 Å². The summed E-state index contributed by atoms with van der Waals surface area (Å²) >= 11 is 5.67. The van der Waals surface area contributed by atoms with Crippen LogP contribution in [0.3, 0.4) is 0 Å². The van der Waals surface area contributed by atoms with Crippen LogP contribution in [0.15, 0.2) is 24.3 Å². The Morgan fingerprint density at radius 3 is 2.57 bits per heavy atom. The molecule has 4 heteroatoms. The first kappa shape index (κ1) is 10.7. The molecule has 0 heterocycles. The third-order valence-corrected chi connectivity index (χ3v) is 1.95. The number of carbonyl (C=O) groups is 1. The molecule has 1 aromatic carbocycles. The van der Waals surface area contributed by atoms with Crippen LogP contribution in [0, 0.1) is 5.21 Å². The van der Waals surface area contributed by atoms with Gasteiger partial charge in [-0.2, -0.15) is 0 Å². The minimum Gasteiger partial charge on any atom is -0.624 e. The van der Waals surface area contributed by atoms with Crippen LogP contribution in [-0.2, 0) is 0 Å². The minimum absolute atomic E-state index is 0.0932. The molecule has 0 fully saturated rings. The molecule has 1 aromatic rings. The maximum atomic E-state index is 11.4. The molecule has 0 aromatic heterocycles. The topological polar surface area (TPSA) is 43.1 Å². The first-order valence-electron chi connectivity index (χ1n) is 4.11. The summed E-state index contributed by atoms with van der Waals surface area (Å²) in [5.74, 6) is -0.0932. The number of rotatable bonds is 3. The van der Waals surface area contributed by atoms with Gasteiger partial charge in [0.05, 0.1) is 6.42 Å². The van der Waals surface area contributed by atoms with E-state index in [-0.39, 0.29) is 12.2 Å². The van der Waals surface area contributed by atoms with E-state index in [0.29, 0.717) is 15.3 Å². The van der Waals surface area contributed by atoms with E-state index in [0.717, 1.165) is 0 Å². The molecule has 3 nitrogen and oxygen atoms in total. The zero-order valence-corrected chi connectivity index (χ0v) is 8.49. The Morgan fingerprint density at radius 1 is 1.50 bits per heavy atom. The van der Waals surface area contributed by atoms with Gasteiger partial charge in [-0.05, 0) is 24.3 Å². The fourth-order valence-electron chi connectivity index (χ4n) is 0.965. The predicted octanol–water partition coefficient (Wildman–Crippen LogP) is 2.12. The van der Waals surface area contributed by atoms with Crippen LogP contribution in [0.2, 0.25) is 5.02 Å². The third kappa shape index (κ3) is 3.18. The minimum atomic E-state index is -0.0932. The van der Waals surface area contributed by atoms with Gasteiger partial charge < -0.3 is 5.21 Å². The van der Waals surface area contributed by atoms with Crippen molar-refractivity contribution in [3.8, 4) is 0 Å². The van der Waals surface area contributed by atoms with Crippen LogP contribution in [0.25, 0.3) is 0 Å². The van der Waals surface area contributed by atoms with E-state index in [2.05, 4.69) is 0 Å². The smallest absolute Gasteiger partial charge is 0.172 e. The number of hydrogen-bond acceptors (Lipinski definition) is 2. The molecule has 0 bridgehead atoms. The van der Waals surface area contributed by atoms with E-state index in [4.69, 9.17) is 11.6 Å². The molecule has 74 valence electrons. The molecule has 0 unspecified atom stereocenters. The van der Waals surface area contributed by atoms with Crippen molar-refractivity contribution in [1.29, 1.82) is 0 Å². The number of halogens is 1. The molecule has 0 amide bonds. The zero-order valence-electron chi connectivity index (χ0n) is 7.74. The number of hydrogen-bond donors (Lipinski definition) is 0. The first-order valence-corrected chi connectivity index (χ1v) is 4.49. The molecule has 0 aliphatic carbocycles. The normalized spacial score (nSPS) is 11.4. The number of Topliss-reactive ketones (excluding diaryl/α,β-unsaturated/α-hetero) is 1. The summed E-state index contributed by atoms with van der Waals surface area (Å²) in [4.78, 5) is 11.4. The van der Waals surface area contributed by atoms with Crippen LogP contribution in [0.4, 0.5) is 0 Å². The van der Waals surface area contributed by atoms with Gasteiger partial charge in [0.1, 0.15) is 7.05 Å². The standard InChI is InChI=1S/C10H10ClNO2/c1-12(14)7-6-10(13)8-2-4-9(11)5-3-8/h2-5,7H,6H2,1H3/b12-7-. The summed E-state index contributed by atoms with van der Waals surface area (Å²) in [7, 11) is 1.34. The van der Waals surface area contributed by atoms with Gasteiger partial charge in [0, 0.05) is 10.6 Å². The Labute approximate surface area is 87.2 Å². The predicted molar refractivity (Wildman–Crippen MR) is 56.0 cm³/mol. The number of benzene rings is 1. The summed E-state index contributed by atoms with van der Waals surface area (Å²) in [5.41, 5.74) is 0.563. The second-order valence-electron chi connectivity index (χ2n) is 2.86. The molecule has 0 radical (unpaired) electrons. The van der Waals surface area contributed by atoms with E-state index in [1.54, 1.807) is 24.3 Å². The number of carbonyl (C=O) groups excluding carboxylic acids is 1. The molecule has 1 rings (SSSR count). The highest BCUT2D eigenvalue weighted by atomic mass is 35.5. The monoisotopic (exact) mass is 211 g/mol. The Morgan fingerprint density at radius 2 is 2.07 bits per heavy atom. The van der Waals surface area contributed by atoms with Gasteiger partial charge in [-0.3, -0.25) is 4.79 Å². The molecule has 0 atom stereocenters. The van der Waals surface area contributed by atoms with E-state index in [1.165, 1.54) is 13.3 Å². The van der Waals surface area contributed by atoms with Gasteiger partial charge >= 0.3 is 0 Å². The van der Waals surface area contributed by atoms with Crippen LogP contribution < -0.4 is 0 Å². The number of ketones is 1. The molecular weight excluding hydrogens is 202 g/mol. The molecule has 14 heavy (non-hydrogen) atoms. The molecular formula is C10H10ClNO2. The Hall–Kier alpha value is -1.35. The van der Waals surface area contributed by atoms with Crippen molar-refractivity contribution in [2.45, 2.75) is 6.42 Å². The molecule has 0 saturated heterocycles. The third-order valence-electron chi connectivity index (χ3n) is 1.70. The second kappa shape index (κ2) is 4.77. The quantitative estimate of drug-likeness (QED) is 0.253. The lowest BCUT2D eigenvalue weighted by atomic mass is 10.1. The highest BCUT2D eigenvalue weighted by molar-refractivity contribution is 6.30. The molecule has 0 spiro atoms. The van der Waals surface area contributed by atoms with Crippen molar-refractivity contribution in [3.63, 3.8) is 0 Å². The number of hydroxylamine groups is 1. The first-order chi connectivity index (χ1) is 6.59. The Bertz CT molecular complexity index is 353. The van der Waals surface area contributed by atoms with Gasteiger partial charge in [-0.1, -0.05) is 11.6 Å². The molecule has 0 saturated carbocycles. The SMILES string of the molecule is C/[N+]([O-])=C/CC(=O)c1ccc(Cl)cc1. The van der Waals surface area contributed by atoms with Crippen molar-refractivity contribution in [1.82, 2.24) is 0 Å². The summed E-state index contributed by atoms with van der Waals surface area (Å²) in [6.45, 7) is 0. The summed E-state index contributed by atoms with van der Waals surface area (Å²) in [6.07, 6.45) is 1.40. The maximum absolute atomic E-state index is 11.4. The lowest BCUT2D eigenvalue weighted by Gasteiger charge is -1.97. The summed E-state index contributed by atoms with van der Waals surface area (Å²) in [6, 6.07) is 6.58. The fraction of sp³-hybridized carbons (Fsp3) is 0.200. The van der Waals surface area contributed by atoms with Crippen LogP contribution in [0.1, 0.15) is 16.8 Å². The summed E-state index contributed by atoms with van der Waals surface area (Å²) in [5, 5.41) is 11.1. The van der Waals surface area contributed by atoms with E-state index in [1.807, 2.05) is 0 Å². The second-order valence-corrected chi connectivity index (χ2v) is 3.30. The molecule has 0 N–H and O–H groups in total. The van der Waals surface area contributed by atoms with E-state index in [9.17, 15) is 10.0 Å². The Balaban J connectivity index is 2.70. The van der Waals surface area contributed by atoms with E-state index < -0.39 is 0 Å². The highest BCUT2D eigenvalue weighted by Gasteiger charge is 2.04. The lowest BCUT2D eigenvalue weighted by molar-refractivity contribution is -0.418. The van der Waals surface area contributed by atoms with Crippen molar-refractivity contribution in [2.24, 2.45) is 0 Å². The number of nitrogens with zero attached hydrogens (tertiary/aromatic N) is 1. The average molecular weight is 212 g/mol. The average Bonchev–Trinajstić information content (AvgIpc) is 2.15. The summed E-state index contributed by atoms with van der Waals surface area (Å²) < 4.78 is 0.619. The van der Waals surface area contributed by atoms with Crippen molar-refractivity contribution < 1.29 is 9.53 Å². The molecule has 0 aliphatic heterocycles. The van der Waals surface area contributed by atoms with Crippen LogP contribution in [-0.4, -0.2) is 23.8 Å². The van der Waals surface area contributed by atoms with Gasteiger partial charge in [0.2, 0.25) is 0 Å². The van der Waals surface area contributed by atoms with Crippen LogP contribution in [0.5, 0.6) is 0 Å². The van der Waals surface area contributed by atoms with Crippen molar-refractivity contribution >= 4 is 23.6 Å². The Kier molecular flexibility index (Phi) is 3.65. The highest BCUT2D eigenvalue weighted by Crippen LogP contribution is 2.10. The van der Waals surface area contributed by atoms with Gasteiger partial charge in [-0.25, -0.2) is 4.74 Å². The fourth-order valence-corrected chi connectivity index (χ4v) is 1.09. The van der Waals surface area contributed by atoms with Gasteiger partial charge in [0.25, 0.3) is 0 Å². The zero-order chi connectivity index (χ0) is 10.6. The van der Waals surface area contributed by atoms with Gasteiger partial charge in [0.15, 0.2) is 12.0 Å². The molecule has 0 aliphatic rings. The largest absolute Gasteiger partial charge is 0.624 e. The van der Waals surface area contributed by atoms with E-state index >= 15 is 0 Å². The van der Waals surface area contributed by atoms with Crippen molar-refractivity contribution in [2.75, 3.05) is 7.05 Å². The van der Waals surface area contributed by atoms with Gasteiger partial charge in [-0.15, -0.1) is 0 Å². The lowest BCUT2D eigenvalue weighted by Crippen LogP contribution is -2.04. The van der Waals surface area contributed by atoms with Crippen LogP contribution >= 0.6 is 11.6 Å².